The molecule has 25 heavy (non-hydrogen) atoms. The molecule has 1 amide bonds. The van der Waals surface area contributed by atoms with E-state index in [1.165, 1.54) is 44.9 Å². The van der Waals surface area contributed by atoms with E-state index < -0.39 is 0 Å². The van der Waals surface area contributed by atoms with E-state index in [0.29, 0.717) is 17.4 Å². The maximum atomic E-state index is 12.9. The van der Waals surface area contributed by atoms with E-state index in [2.05, 4.69) is 24.1 Å². The Morgan fingerprint density at radius 1 is 1.12 bits per heavy atom. The maximum Gasteiger partial charge on any atom is 0.223 e. The number of hydrogen-bond acceptors (Lipinski definition) is 3. The minimum absolute atomic E-state index is 0.130. The molecule has 142 valence electrons. The summed E-state index contributed by atoms with van der Waals surface area (Å²) in [5, 5.41) is 3.55. The summed E-state index contributed by atoms with van der Waals surface area (Å²) in [4.78, 5) is 15.4. The van der Waals surface area contributed by atoms with Crippen LogP contribution in [0.3, 0.4) is 0 Å². The average molecular weight is 349 g/mol. The van der Waals surface area contributed by atoms with Gasteiger partial charge < -0.3 is 10.1 Å². The molecule has 1 atom stereocenters. The Hall–Kier alpha value is -0.610. The number of rotatable bonds is 5. The van der Waals surface area contributed by atoms with Gasteiger partial charge in [0.2, 0.25) is 5.91 Å². The average Bonchev–Trinajstić information content (AvgIpc) is 2.61. The van der Waals surface area contributed by atoms with Gasteiger partial charge in [-0.05, 0) is 75.8 Å². The summed E-state index contributed by atoms with van der Waals surface area (Å²) >= 11 is 0. The van der Waals surface area contributed by atoms with Crippen LogP contribution in [-0.2, 0) is 9.53 Å². The van der Waals surface area contributed by atoms with Gasteiger partial charge in [0.1, 0.15) is 0 Å². The molecule has 0 aromatic carbocycles. The fraction of sp³-hybridized carbons (Fsp3) is 0.952. The molecule has 1 N–H and O–H groups in total. The van der Waals surface area contributed by atoms with Gasteiger partial charge in [-0.15, -0.1) is 0 Å². The van der Waals surface area contributed by atoms with Crippen LogP contribution in [0.1, 0.15) is 71.6 Å². The Morgan fingerprint density at radius 2 is 1.72 bits per heavy atom. The fourth-order valence-corrected chi connectivity index (χ4v) is 5.90. The van der Waals surface area contributed by atoms with Crippen LogP contribution in [0.2, 0.25) is 0 Å². The zero-order valence-corrected chi connectivity index (χ0v) is 16.2. The number of fused-ring (bicyclic) bond motifs is 3. The summed E-state index contributed by atoms with van der Waals surface area (Å²) in [6.45, 7) is 8.68. The van der Waals surface area contributed by atoms with Gasteiger partial charge in [0.25, 0.3) is 0 Å². The second-order valence-electron chi connectivity index (χ2n) is 9.44. The minimum atomic E-state index is 0.130. The first-order valence-electron chi connectivity index (χ1n) is 10.7. The molecule has 1 unspecified atom stereocenters. The first-order chi connectivity index (χ1) is 12.1. The Kier molecular flexibility index (Phi) is 4.87. The standard InChI is InChI=1S/C21H36N2O2/c1-3-16(2)20-6-9-21(10-7-20,11-8-20)22-19(24)17-4-12-23(13-5-17)18-14-25-15-18/h16-18H,3-15H2,1-2H3,(H,22,24). The van der Waals surface area contributed by atoms with Crippen LogP contribution in [0, 0.1) is 17.3 Å². The Labute approximate surface area is 153 Å². The van der Waals surface area contributed by atoms with Crippen molar-refractivity contribution in [3.8, 4) is 0 Å². The third-order valence-electron chi connectivity index (χ3n) is 8.39. The lowest BCUT2D eigenvalue weighted by molar-refractivity contribution is -0.133. The van der Waals surface area contributed by atoms with Crippen LogP contribution in [0.25, 0.3) is 0 Å². The zero-order valence-electron chi connectivity index (χ0n) is 16.2. The lowest BCUT2D eigenvalue weighted by Crippen LogP contribution is -2.59. The highest BCUT2D eigenvalue weighted by molar-refractivity contribution is 5.79. The summed E-state index contributed by atoms with van der Waals surface area (Å²) in [6, 6.07) is 0.618. The van der Waals surface area contributed by atoms with Crippen LogP contribution in [0.5, 0.6) is 0 Å². The van der Waals surface area contributed by atoms with E-state index in [0.717, 1.165) is 45.1 Å². The SMILES string of the molecule is CCC(C)C12CCC(NC(=O)C3CCN(C4COC4)CC3)(CC1)CC2. The fourth-order valence-electron chi connectivity index (χ4n) is 5.90. The molecule has 2 heterocycles. The Balaban J connectivity index is 1.29. The number of likely N-dealkylation sites (tertiary alicyclic amines) is 1. The lowest BCUT2D eigenvalue weighted by Gasteiger charge is -2.56. The highest BCUT2D eigenvalue weighted by Crippen LogP contribution is 2.56. The van der Waals surface area contributed by atoms with Gasteiger partial charge in [-0.3, -0.25) is 9.69 Å². The van der Waals surface area contributed by atoms with Gasteiger partial charge in [-0.1, -0.05) is 20.3 Å². The quantitative estimate of drug-likeness (QED) is 0.828. The molecular weight excluding hydrogens is 312 g/mol. The molecule has 0 aromatic heterocycles. The summed E-state index contributed by atoms with van der Waals surface area (Å²) in [5.74, 6) is 1.42. The molecule has 2 aliphatic heterocycles. The molecule has 4 heteroatoms. The van der Waals surface area contributed by atoms with Crippen LogP contribution >= 0.6 is 0 Å². The van der Waals surface area contributed by atoms with Crippen molar-refractivity contribution in [2.24, 2.45) is 17.3 Å². The molecular formula is C21H36N2O2. The Morgan fingerprint density at radius 3 is 2.20 bits per heavy atom. The summed E-state index contributed by atoms with van der Waals surface area (Å²) in [5.41, 5.74) is 0.711. The highest BCUT2D eigenvalue weighted by Gasteiger charge is 2.51. The number of amides is 1. The molecule has 2 saturated heterocycles. The van der Waals surface area contributed by atoms with Crippen LogP contribution in [0.15, 0.2) is 0 Å². The second kappa shape index (κ2) is 6.84. The third-order valence-corrected chi connectivity index (χ3v) is 8.39. The predicted molar refractivity (Wildman–Crippen MR) is 99.4 cm³/mol. The minimum Gasteiger partial charge on any atom is -0.378 e. The van der Waals surface area contributed by atoms with Crippen molar-refractivity contribution in [1.82, 2.24) is 10.2 Å². The van der Waals surface area contributed by atoms with Gasteiger partial charge in [0, 0.05) is 11.5 Å². The molecule has 3 saturated carbocycles. The molecule has 0 spiro atoms. The number of piperidine rings is 1. The van der Waals surface area contributed by atoms with Crippen LogP contribution < -0.4 is 5.32 Å². The molecule has 4 nitrogen and oxygen atoms in total. The molecule has 5 rings (SSSR count). The van der Waals surface area contributed by atoms with E-state index in [1.807, 2.05) is 0 Å². The van der Waals surface area contributed by atoms with E-state index in [-0.39, 0.29) is 11.5 Å². The normalized spacial score (nSPS) is 38.3. The number of carbonyl (C=O) groups is 1. The number of nitrogens with zero attached hydrogens (tertiary/aromatic N) is 1. The zero-order chi connectivity index (χ0) is 17.5. The molecule has 5 aliphatic rings. The maximum absolute atomic E-state index is 12.9. The van der Waals surface area contributed by atoms with Crippen molar-refractivity contribution in [1.29, 1.82) is 0 Å². The number of ether oxygens (including phenoxy) is 1. The van der Waals surface area contributed by atoms with Gasteiger partial charge >= 0.3 is 0 Å². The van der Waals surface area contributed by atoms with Crippen molar-refractivity contribution in [2.75, 3.05) is 26.3 Å². The smallest absolute Gasteiger partial charge is 0.223 e. The van der Waals surface area contributed by atoms with Crippen molar-refractivity contribution in [3.05, 3.63) is 0 Å². The molecule has 0 aromatic rings. The van der Waals surface area contributed by atoms with Gasteiger partial charge in [-0.25, -0.2) is 0 Å². The first kappa shape index (κ1) is 17.8. The second-order valence-corrected chi connectivity index (χ2v) is 9.44. The number of carbonyl (C=O) groups excluding carboxylic acids is 1. The topological polar surface area (TPSA) is 41.6 Å². The van der Waals surface area contributed by atoms with Crippen molar-refractivity contribution >= 4 is 5.91 Å². The highest BCUT2D eigenvalue weighted by atomic mass is 16.5. The van der Waals surface area contributed by atoms with E-state index in [9.17, 15) is 4.79 Å². The molecule has 3 aliphatic carbocycles. The summed E-state index contributed by atoms with van der Waals surface area (Å²) < 4.78 is 5.31. The number of hydrogen-bond donors (Lipinski definition) is 1. The summed E-state index contributed by atoms with van der Waals surface area (Å²) in [7, 11) is 0. The third kappa shape index (κ3) is 3.25. The van der Waals surface area contributed by atoms with Crippen molar-refractivity contribution in [3.63, 3.8) is 0 Å². The largest absolute Gasteiger partial charge is 0.378 e. The predicted octanol–water partition coefficient (Wildman–Crippen LogP) is 3.35. The Bertz CT molecular complexity index is 470. The van der Waals surface area contributed by atoms with E-state index in [4.69, 9.17) is 4.74 Å². The van der Waals surface area contributed by atoms with Gasteiger partial charge in [0.15, 0.2) is 0 Å². The molecule has 2 bridgehead atoms. The lowest BCUT2D eigenvalue weighted by atomic mass is 9.53. The van der Waals surface area contributed by atoms with E-state index in [1.54, 1.807) is 0 Å². The van der Waals surface area contributed by atoms with Gasteiger partial charge in [-0.2, -0.15) is 0 Å². The molecule has 0 radical (unpaired) electrons. The van der Waals surface area contributed by atoms with Crippen LogP contribution in [0.4, 0.5) is 0 Å². The first-order valence-corrected chi connectivity index (χ1v) is 10.7. The van der Waals surface area contributed by atoms with Gasteiger partial charge in [0.05, 0.1) is 19.3 Å². The van der Waals surface area contributed by atoms with E-state index >= 15 is 0 Å². The summed E-state index contributed by atoms with van der Waals surface area (Å²) in [6.07, 6.45) is 10.9. The number of nitrogens with one attached hydrogen (secondary N) is 1. The van der Waals surface area contributed by atoms with Crippen LogP contribution in [-0.4, -0.2) is 48.7 Å². The van der Waals surface area contributed by atoms with Crippen molar-refractivity contribution < 1.29 is 9.53 Å². The molecule has 5 fully saturated rings. The van der Waals surface area contributed by atoms with Crippen molar-refractivity contribution in [2.45, 2.75) is 83.2 Å². The monoisotopic (exact) mass is 348 g/mol.